The smallest absolute Gasteiger partial charge is 0.230 e. The number of nitrogens with zero attached hydrogens (tertiary/aromatic N) is 3. The van der Waals surface area contributed by atoms with E-state index in [0.717, 1.165) is 23.7 Å². The third-order valence-electron chi connectivity index (χ3n) is 3.46. The minimum atomic E-state index is 0.00683. The molecule has 1 aromatic rings. The number of carbonyl (C=O) groups is 2. The van der Waals surface area contributed by atoms with E-state index < -0.39 is 0 Å². The van der Waals surface area contributed by atoms with Crippen LogP contribution in [0.3, 0.4) is 0 Å². The second kappa shape index (κ2) is 6.31. The highest BCUT2D eigenvalue weighted by atomic mass is 32.2. The third-order valence-corrected chi connectivity index (χ3v) is 5.52. The molecule has 0 atom stereocenters. The second-order valence-electron chi connectivity index (χ2n) is 5.51. The van der Waals surface area contributed by atoms with E-state index in [-0.39, 0.29) is 17.9 Å². The summed E-state index contributed by atoms with van der Waals surface area (Å²) >= 11 is 2.76. The highest BCUT2D eigenvalue weighted by Gasteiger charge is 2.34. The zero-order valence-corrected chi connectivity index (χ0v) is 13.5. The van der Waals surface area contributed by atoms with Crippen molar-refractivity contribution in [2.75, 3.05) is 17.2 Å². The minimum absolute atomic E-state index is 0.00683. The average molecular weight is 326 g/mol. The van der Waals surface area contributed by atoms with E-state index in [9.17, 15) is 9.59 Å². The molecule has 0 saturated heterocycles. The SMILES string of the molecule is CC(=O)N(c1nnc(SCC(=O)NCC2CC2)s1)C1CC1. The molecule has 2 aliphatic rings. The summed E-state index contributed by atoms with van der Waals surface area (Å²) in [7, 11) is 0. The summed E-state index contributed by atoms with van der Waals surface area (Å²) in [6.45, 7) is 2.35. The molecule has 114 valence electrons. The standard InChI is InChI=1S/C13H18N4O2S2/c1-8(18)17(10-4-5-10)12-15-16-13(21-12)20-7-11(19)14-6-9-2-3-9/h9-10H,2-7H2,1H3,(H,14,19). The fourth-order valence-corrected chi connectivity index (χ4v) is 3.78. The molecule has 0 bridgehead atoms. The Hall–Kier alpha value is -1.15. The summed E-state index contributed by atoms with van der Waals surface area (Å²) in [6, 6.07) is 0.287. The summed E-state index contributed by atoms with van der Waals surface area (Å²) in [5.74, 6) is 1.08. The van der Waals surface area contributed by atoms with E-state index in [1.165, 1.54) is 35.9 Å². The molecule has 1 aromatic heterocycles. The van der Waals surface area contributed by atoms with Crippen molar-refractivity contribution in [1.82, 2.24) is 15.5 Å². The Morgan fingerprint density at radius 1 is 1.33 bits per heavy atom. The lowest BCUT2D eigenvalue weighted by Crippen LogP contribution is -2.30. The van der Waals surface area contributed by atoms with Crippen molar-refractivity contribution in [3.05, 3.63) is 0 Å². The van der Waals surface area contributed by atoms with Crippen molar-refractivity contribution >= 4 is 40.0 Å². The predicted octanol–water partition coefficient (Wildman–Crippen LogP) is 1.67. The molecule has 1 N–H and O–H groups in total. The number of nitrogens with one attached hydrogen (secondary N) is 1. The van der Waals surface area contributed by atoms with Gasteiger partial charge in [0, 0.05) is 19.5 Å². The largest absolute Gasteiger partial charge is 0.355 e. The molecule has 2 amide bonds. The monoisotopic (exact) mass is 326 g/mol. The molecule has 8 heteroatoms. The maximum Gasteiger partial charge on any atom is 0.230 e. The summed E-state index contributed by atoms with van der Waals surface area (Å²) in [4.78, 5) is 25.0. The van der Waals surface area contributed by atoms with Gasteiger partial charge in [-0.1, -0.05) is 23.1 Å². The second-order valence-corrected chi connectivity index (χ2v) is 7.69. The van der Waals surface area contributed by atoms with Gasteiger partial charge in [-0.25, -0.2) is 0 Å². The molecular weight excluding hydrogens is 308 g/mol. The number of amides is 2. The first-order valence-electron chi connectivity index (χ1n) is 7.16. The lowest BCUT2D eigenvalue weighted by Gasteiger charge is -2.15. The molecule has 0 spiro atoms. The molecule has 2 aliphatic carbocycles. The number of carbonyl (C=O) groups excluding carboxylic acids is 2. The van der Waals surface area contributed by atoms with Gasteiger partial charge in [-0.3, -0.25) is 14.5 Å². The Morgan fingerprint density at radius 3 is 2.71 bits per heavy atom. The van der Waals surface area contributed by atoms with E-state index in [1.54, 1.807) is 11.8 Å². The number of rotatable bonds is 7. The van der Waals surface area contributed by atoms with E-state index in [0.29, 0.717) is 16.8 Å². The maximum absolute atomic E-state index is 11.7. The summed E-state index contributed by atoms with van der Waals surface area (Å²) in [6.07, 6.45) is 4.53. The van der Waals surface area contributed by atoms with Crippen LogP contribution in [-0.4, -0.2) is 40.4 Å². The molecule has 3 rings (SSSR count). The fraction of sp³-hybridized carbons (Fsp3) is 0.692. The van der Waals surface area contributed by atoms with Gasteiger partial charge in [0.25, 0.3) is 0 Å². The first kappa shape index (κ1) is 14.8. The zero-order chi connectivity index (χ0) is 14.8. The number of hydrogen-bond acceptors (Lipinski definition) is 6. The van der Waals surface area contributed by atoms with Crippen LogP contribution in [0.1, 0.15) is 32.6 Å². The number of aromatic nitrogens is 2. The minimum Gasteiger partial charge on any atom is -0.355 e. The topological polar surface area (TPSA) is 75.2 Å². The van der Waals surface area contributed by atoms with Crippen LogP contribution in [0, 0.1) is 5.92 Å². The Balaban J connectivity index is 1.49. The summed E-state index contributed by atoms with van der Waals surface area (Å²) in [5, 5.41) is 11.7. The molecular formula is C13H18N4O2S2. The van der Waals surface area contributed by atoms with Crippen molar-refractivity contribution in [2.24, 2.45) is 5.92 Å². The lowest BCUT2D eigenvalue weighted by molar-refractivity contribution is -0.118. The molecule has 0 radical (unpaired) electrons. The molecule has 2 saturated carbocycles. The van der Waals surface area contributed by atoms with Crippen LogP contribution in [0.5, 0.6) is 0 Å². The van der Waals surface area contributed by atoms with Gasteiger partial charge in [-0.2, -0.15) is 0 Å². The van der Waals surface area contributed by atoms with Crippen LogP contribution in [0.25, 0.3) is 0 Å². The number of hydrogen-bond donors (Lipinski definition) is 1. The Bertz CT molecular complexity index is 540. The summed E-state index contributed by atoms with van der Waals surface area (Å²) in [5.41, 5.74) is 0. The molecule has 6 nitrogen and oxygen atoms in total. The van der Waals surface area contributed by atoms with Gasteiger partial charge in [-0.15, -0.1) is 10.2 Å². The highest BCUT2D eigenvalue weighted by Crippen LogP contribution is 2.35. The van der Waals surface area contributed by atoms with Crippen LogP contribution in [0.15, 0.2) is 4.34 Å². The zero-order valence-electron chi connectivity index (χ0n) is 11.9. The molecule has 21 heavy (non-hydrogen) atoms. The van der Waals surface area contributed by atoms with Crippen molar-refractivity contribution in [3.63, 3.8) is 0 Å². The highest BCUT2D eigenvalue weighted by molar-refractivity contribution is 8.01. The molecule has 0 aromatic carbocycles. The van der Waals surface area contributed by atoms with Crippen LogP contribution in [0.2, 0.25) is 0 Å². The molecule has 1 heterocycles. The number of anilines is 1. The van der Waals surface area contributed by atoms with Crippen LogP contribution < -0.4 is 10.2 Å². The van der Waals surface area contributed by atoms with Crippen molar-refractivity contribution in [3.8, 4) is 0 Å². The Kier molecular flexibility index (Phi) is 4.44. The van der Waals surface area contributed by atoms with E-state index in [2.05, 4.69) is 15.5 Å². The predicted molar refractivity (Wildman–Crippen MR) is 82.5 cm³/mol. The normalized spacial score (nSPS) is 17.6. The molecule has 0 unspecified atom stereocenters. The van der Waals surface area contributed by atoms with Gasteiger partial charge >= 0.3 is 0 Å². The van der Waals surface area contributed by atoms with Crippen LogP contribution >= 0.6 is 23.1 Å². The average Bonchev–Trinajstić information content (AvgIpc) is 3.35. The summed E-state index contributed by atoms with van der Waals surface area (Å²) < 4.78 is 0.735. The van der Waals surface area contributed by atoms with Gasteiger partial charge < -0.3 is 5.32 Å². The lowest BCUT2D eigenvalue weighted by atomic mass is 10.4. The van der Waals surface area contributed by atoms with Gasteiger partial charge in [0.1, 0.15) is 0 Å². The van der Waals surface area contributed by atoms with Crippen molar-refractivity contribution in [2.45, 2.75) is 43.0 Å². The number of thioether (sulfide) groups is 1. The van der Waals surface area contributed by atoms with Gasteiger partial charge in [0.05, 0.1) is 5.75 Å². The van der Waals surface area contributed by atoms with Gasteiger partial charge in [-0.05, 0) is 31.6 Å². The Labute approximate surface area is 131 Å². The van der Waals surface area contributed by atoms with Crippen LogP contribution in [0.4, 0.5) is 5.13 Å². The van der Waals surface area contributed by atoms with E-state index in [1.807, 2.05) is 0 Å². The van der Waals surface area contributed by atoms with E-state index >= 15 is 0 Å². The molecule has 2 fully saturated rings. The first-order valence-corrected chi connectivity index (χ1v) is 8.96. The maximum atomic E-state index is 11.7. The van der Waals surface area contributed by atoms with Gasteiger partial charge in [0.15, 0.2) is 4.34 Å². The van der Waals surface area contributed by atoms with Crippen LogP contribution in [-0.2, 0) is 9.59 Å². The Morgan fingerprint density at radius 2 is 2.10 bits per heavy atom. The van der Waals surface area contributed by atoms with Gasteiger partial charge in [0.2, 0.25) is 16.9 Å². The van der Waals surface area contributed by atoms with E-state index in [4.69, 9.17) is 0 Å². The van der Waals surface area contributed by atoms with Crippen molar-refractivity contribution in [1.29, 1.82) is 0 Å². The fourth-order valence-electron chi connectivity index (χ4n) is 2.00. The quantitative estimate of drug-likeness (QED) is 0.609. The third kappa shape index (κ3) is 4.16. The van der Waals surface area contributed by atoms with Crippen molar-refractivity contribution < 1.29 is 9.59 Å². The molecule has 0 aliphatic heterocycles. The first-order chi connectivity index (χ1) is 10.1.